The number of methoxy groups -OCH3 is 1. The normalized spacial score (nSPS) is 14.5. The van der Waals surface area contributed by atoms with Crippen molar-refractivity contribution in [3.05, 3.63) is 76.7 Å². The number of hydrogen-bond donors (Lipinski definition) is 1. The second-order valence-electron chi connectivity index (χ2n) is 8.23. The maximum atomic E-state index is 13.8. The molecule has 0 radical (unpaired) electrons. The van der Waals surface area contributed by atoms with E-state index in [1.54, 1.807) is 7.11 Å². The number of aromatic nitrogens is 3. The van der Waals surface area contributed by atoms with Crippen LogP contribution < -0.4 is 10.5 Å². The van der Waals surface area contributed by atoms with Crippen LogP contribution in [0.25, 0.3) is 28.0 Å². The Labute approximate surface area is 191 Å². The minimum atomic E-state index is -0.204. The molecular weight excluding hydrogens is 414 g/mol. The van der Waals surface area contributed by atoms with Gasteiger partial charge in [0, 0.05) is 25.8 Å². The smallest absolute Gasteiger partial charge is 0.298 e. The van der Waals surface area contributed by atoms with Crippen LogP contribution in [0.4, 0.5) is 5.69 Å². The van der Waals surface area contributed by atoms with Crippen molar-refractivity contribution >= 4 is 11.3 Å². The van der Waals surface area contributed by atoms with Gasteiger partial charge in [0.25, 0.3) is 5.56 Å². The van der Waals surface area contributed by atoms with Crippen LogP contribution in [0.1, 0.15) is 18.5 Å². The van der Waals surface area contributed by atoms with Crippen LogP contribution in [-0.4, -0.2) is 40.9 Å². The average Bonchev–Trinajstić information content (AvgIpc) is 3.25. The molecule has 1 saturated heterocycles. The fourth-order valence-electron chi connectivity index (χ4n) is 4.64. The van der Waals surface area contributed by atoms with Crippen LogP contribution >= 0.6 is 0 Å². The minimum absolute atomic E-state index is 0.116. The minimum Gasteiger partial charge on any atom is -0.381 e. The number of benzene rings is 2. The fourth-order valence-corrected chi connectivity index (χ4v) is 4.64. The predicted molar refractivity (Wildman–Crippen MR) is 128 cm³/mol. The molecular formula is C26H25N5O2. The molecule has 33 heavy (non-hydrogen) atoms. The SMILES string of the molecule is COC1CCN(c2c(CC#N)[nH]c3c(-c4ccccc4)c(-c4ccccc4)nn3c2=O)CC1. The van der Waals surface area contributed by atoms with Crippen molar-refractivity contribution < 1.29 is 4.74 Å². The summed E-state index contributed by atoms with van der Waals surface area (Å²) in [7, 11) is 1.72. The number of piperidine rings is 1. The van der Waals surface area contributed by atoms with Crippen molar-refractivity contribution in [1.82, 2.24) is 14.6 Å². The zero-order valence-corrected chi connectivity index (χ0v) is 18.5. The number of nitriles is 1. The first kappa shape index (κ1) is 21.0. The van der Waals surface area contributed by atoms with Crippen molar-refractivity contribution in [2.75, 3.05) is 25.1 Å². The summed E-state index contributed by atoms with van der Waals surface area (Å²) < 4.78 is 6.95. The van der Waals surface area contributed by atoms with E-state index in [9.17, 15) is 10.1 Å². The van der Waals surface area contributed by atoms with Crippen molar-refractivity contribution in [1.29, 1.82) is 5.26 Å². The molecule has 0 atom stereocenters. The predicted octanol–water partition coefficient (Wildman–Crippen LogP) is 4.04. The summed E-state index contributed by atoms with van der Waals surface area (Å²) in [6.45, 7) is 1.40. The molecule has 0 spiro atoms. The van der Waals surface area contributed by atoms with Crippen LogP contribution in [0.15, 0.2) is 65.5 Å². The molecule has 7 nitrogen and oxygen atoms in total. The molecule has 1 aliphatic heterocycles. The Hall–Kier alpha value is -3.89. The summed E-state index contributed by atoms with van der Waals surface area (Å²) in [4.78, 5) is 19.3. The van der Waals surface area contributed by atoms with Gasteiger partial charge in [-0.15, -0.1) is 0 Å². The molecule has 0 aliphatic carbocycles. The highest BCUT2D eigenvalue weighted by molar-refractivity contribution is 5.90. The van der Waals surface area contributed by atoms with Gasteiger partial charge in [0.15, 0.2) is 0 Å². The van der Waals surface area contributed by atoms with Crippen molar-refractivity contribution in [3.63, 3.8) is 0 Å². The Morgan fingerprint density at radius 2 is 1.70 bits per heavy atom. The Morgan fingerprint density at radius 1 is 1.06 bits per heavy atom. The zero-order chi connectivity index (χ0) is 22.8. The summed E-state index contributed by atoms with van der Waals surface area (Å²) in [5.41, 5.74) is 5.02. The molecule has 1 fully saturated rings. The number of aromatic amines is 1. The van der Waals surface area contributed by atoms with Crippen LogP contribution in [-0.2, 0) is 11.2 Å². The summed E-state index contributed by atoms with van der Waals surface area (Å²) in [5, 5.41) is 14.3. The van der Waals surface area contributed by atoms with Gasteiger partial charge in [0.2, 0.25) is 0 Å². The molecule has 7 heteroatoms. The molecule has 0 saturated carbocycles. The Balaban J connectivity index is 1.76. The topological polar surface area (TPSA) is 86.4 Å². The molecule has 4 aromatic rings. The summed E-state index contributed by atoms with van der Waals surface area (Å²) in [6.07, 6.45) is 1.99. The Kier molecular flexibility index (Phi) is 5.68. The van der Waals surface area contributed by atoms with Crippen LogP contribution in [0.3, 0.4) is 0 Å². The van der Waals surface area contributed by atoms with Crippen LogP contribution in [0.2, 0.25) is 0 Å². The zero-order valence-electron chi connectivity index (χ0n) is 18.5. The van der Waals surface area contributed by atoms with Gasteiger partial charge in [0.1, 0.15) is 17.0 Å². The molecule has 166 valence electrons. The van der Waals surface area contributed by atoms with Crippen LogP contribution in [0.5, 0.6) is 0 Å². The van der Waals surface area contributed by atoms with Crippen molar-refractivity contribution in [2.24, 2.45) is 0 Å². The van der Waals surface area contributed by atoms with E-state index < -0.39 is 0 Å². The molecule has 3 heterocycles. The largest absolute Gasteiger partial charge is 0.381 e. The van der Waals surface area contributed by atoms with E-state index in [-0.39, 0.29) is 18.1 Å². The van der Waals surface area contributed by atoms with Gasteiger partial charge < -0.3 is 14.6 Å². The van der Waals surface area contributed by atoms with E-state index in [1.807, 2.05) is 60.7 Å². The number of nitrogens with one attached hydrogen (secondary N) is 1. The second-order valence-corrected chi connectivity index (χ2v) is 8.23. The maximum Gasteiger partial charge on any atom is 0.298 e. The van der Waals surface area contributed by atoms with E-state index >= 15 is 0 Å². The lowest BCUT2D eigenvalue weighted by molar-refractivity contribution is 0.0818. The summed E-state index contributed by atoms with van der Waals surface area (Å²) in [5.74, 6) is 0. The molecule has 5 rings (SSSR count). The number of ether oxygens (including phenoxy) is 1. The summed E-state index contributed by atoms with van der Waals surface area (Å²) in [6, 6.07) is 22.0. The van der Waals surface area contributed by atoms with Crippen molar-refractivity contribution in [2.45, 2.75) is 25.4 Å². The molecule has 1 N–H and O–H groups in total. The number of rotatable bonds is 5. The van der Waals surface area contributed by atoms with E-state index in [1.165, 1.54) is 4.52 Å². The van der Waals surface area contributed by atoms with E-state index in [2.05, 4.69) is 16.0 Å². The van der Waals surface area contributed by atoms with E-state index in [0.29, 0.717) is 30.1 Å². The number of fused-ring (bicyclic) bond motifs is 1. The van der Waals surface area contributed by atoms with E-state index in [4.69, 9.17) is 9.84 Å². The number of anilines is 1. The highest BCUT2D eigenvalue weighted by Crippen LogP contribution is 2.35. The second kappa shape index (κ2) is 8.93. The Bertz CT molecular complexity index is 1360. The number of nitrogens with zero attached hydrogens (tertiary/aromatic N) is 4. The van der Waals surface area contributed by atoms with Gasteiger partial charge in [-0.2, -0.15) is 14.9 Å². The van der Waals surface area contributed by atoms with Gasteiger partial charge in [-0.25, -0.2) is 0 Å². The highest BCUT2D eigenvalue weighted by Gasteiger charge is 2.27. The third-order valence-corrected chi connectivity index (χ3v) is 6.29. The quantitative estimate of drug-likeness (QED) is 0.507. The number of H-pyrrole nitrogens is 1. The van der Waals surface area contributed by atoms with Gasteiger partial charge in [0.05, 0.1) is 29.9 Å². The van der Waals surface area contributed by atoms with Crippen LogP contribution in [0, 0.1) is 11.3 Å². The first-order chi connectivity index (χ1) is 16.2. The van der Waals surface area contributed by atoms with Crippen molar-refractivity contribution in [3.8, 4) is 28.5 Å². The molecule has 2 aromatic heterocycles. The standard InChI is InChI=1S/C26H25N5O2/c1-33-20-13-16-30(17-14-20)24-21(12-15-27)28-25-22(18-8-4-2-5-9-18)23(29-31(25)26(24)32)19-10-6-3-7-11-19/h2-11,20,28H,12-14,16-17H2,1H3. The van der Waals surface area contributed by atoms with Gasteiger partial charge in [-0.05, 0) is 18.4 Å². The van der Waals surface area contributed by atoms with Gasteiger partial charge >= 0.3 is 0 Å². The lowest BCUT2D eigenvalue weighted by Gasteiger charge is -2.33. The third kappa shape index (κ3) is 3.79. The Morgan fingerprint density at radius 3 is 2.30 bits per heavy atom. The molecule has 0 bridgehead atoms. The molecule has 2 aromatic carbocycles. The van der Waals surface area contributed by atoms with E-state index in [0.717, 1.165) is 35.2 Å². The van der Waals surface area contributed by atoms with Gasteiger partial charge in [-0.3, -0.25) is 4.79 Å². The maximum absolute atomic E-state index is 13.8. The monoisotopic (exact) mass is 439 g/mol. The molecule has 1 aliphatic rings. The molecule has 0 amide bonds. The first-order valence-electron chi connectivity index (χ1n) is 11.1. The highest BCUT2D eigenvalue weighted by atomic mass is 16.5. The third-order valence-electron chi connectivity index (χ3n) is 6.29. The lowest BCUT2D eigenvalue weighted by Crippen LogP contribution is -2.41. The number of hydrogen-bond acceptors (Lipinski definition) is 5. The fraction of sp³-hybridized carbons (Fsp3) is 0.269. The lowest BCUT2D eigenvalue weighted by atomic mass is 10.0. The summed E-state index contributed by atoms with van der Waals surface area (Å²) >= 11 is 0. The molecule has 0 unspecified atom stereocenters. The van der Waals surface area contributed by atoms with Gasteiger partial charge in [-0.1, -0.05) is 60.7 Å². The first-order valence-corrected chi connectivity index (χ1v) is 11.1. The average molecular weight is 440 g/mol.